The van der Waals surface area contributed by atoms with Crippen molar-refractivity contribution >= 4 is 11.8 Å². The Balaban J connectivity index is 1.94. The average Bonchev–Trinajstić information content (AvgIpc) is 3.19. The first-order chi connectivity index (χ1) is 13.9. The molecule has 8 unspecified atom stereocenters. The summed E-state index contributed by atoms with van der Waals surface area (Å²) in [4.78, 5) is 26.8. The Morgan fingerprint density at radius 1 is 1.27 bits per heavy atom. The number of aliphatic hydroxyl groups excluding tert-OH is 1. The number of rotatable bonds is 2. The highest BCUT2D eigenvalue weighted by atomic mass is 16.6. The number of ketones is 1. The van der Waals surface area contributed by atoms with Crippen molar-refractivity contribution in [3.63, 3.8) is 0 Å². The Bertz CT molecular complexity index is 908. The van der Waals surface area contributed by atoms with Crippen LogP contribution in [0.25, 0.3) is 0 Å². The third-order valence-corrected chi connectivity index (χ3v) is 8.82. The summed E-state index contributed by atoms with van der Waals surface area (Å²) in [6.45, 7) is 13.4. The first-order valence-electron chi connectivity index (χ1n) is 11.0. The van der Waals surface area contributed by atoms with Gasteiger partial charge in [0.25, 0.3) is 0 Å². The number of ether oxygens (including phenoxy) is 1. The Hall–Kier alpha value is -1.72. The number of Topliss-reactive ketones (excluding diaryl/α,β-unsaturated/α-hetero) is 1. The highest BCUT2D eigenvalue weighted by molar-refractivity contribution is 5.95. The summed E-state index contributed by atoms with van der Waals surface area (Å²) in [5.74, 6) is -0.553. The van der Waals surface area contributed by atoms with Gasteiger partial charge in [0.05, 0.1) is 5.41 Å². The first kappa shape index (κ1) is 21.5. The van der Waals surface area contributed by atoms with Crippen molar-refractivity contribution < 1.29 is 24.5 Å². The van der Waals surface area contributed by atoms with Gasteiger partial charge in [-0.2, -0.15) is 0 Å². The van der Waals surface area contributed by atoms with Crippen molar-refractivity contribution in [2.45, 2.75) is 72.7 Å². The summed E-state index contributed by atoms with van der Waals surface area (Å²) < 4.78 is 5.84. The van der Waals surface area contributed by atoms with Gasteiger partial charge in [-0.05, 0) is 68.4 Å². The largest absolute Gasteiger partial charge is 0.451 e. The fourth-order valence-electron chi connectivity index (χ4n) is 6.89. The van der Waals surface area contributed by atoms with Gasteiger partial charge in [0.1, 0.15) is 6.10 Å². The van der Waals surface area contributed by atoms with E-state index in [0.29, 0.717) is 22.6 Å². The predicted octanol–water partition coefficient (Wildman–Crippen LogP) is 3.36. The summed E-state index contributed by atoms with van der Waals surface area (Å²) in [5.41, 5.74) is -1.54. The lowest BCUT2D eigenvalue weighted by Gasteiger charge is -2.49. The molecule has 4 aliphatic carbocycles. The Kier molecular flexibility index (Phi) is 4.58. The highest BCUT2D eigenvalue weighted by Gasteiger charge is 2.76. The first-order valence-corrected chi connectivity index (χ1v) is 11.0. The molecule has 5 heteroatoms. The van der Waals surface area contributed by atoms with E-state index in [1.165, 1.54) is 0 Å². The van der Waals surface area contributed by atoms with Crippen LogP contribution in [0.5, 0.6) is 0 Å². The highest BCUT2D eigenvalue weighted by Crippen LogP contribution is 2.71. The van der Waals surface area contributed by atoms with Gasteiger partial charge in [0.15, 0.2) is 17.5 Å². The van der Waals surface area contributed by atoms with Crippen molar-refractivity contribution in [3.05, 3.63) is 34.9 Å². The summed E-state index contributed by atoms with van der Waals surface area (Å²) in [6, 6.07) is 0. The molecule has 5 nitrogen and oxygen atoms in total. The van der Waals surface area contributed by atoms with E-state index in [1.807, 2.05) is 13.0 Å². The molecule has 164 valence electrons. The second-order valence-electron chi connectivity index (χ2n) is 10.6. The van der Waals surface area contributed by atoms with Crippen LogP contribution in [-0.2, 0) is 14.3 Å². The maximum absolute atomic E-state index is 14.1. The topological polar surface area (TPSA) is 83.8 Å². The van der Waals surface area contributed by atoms with Crippen LogP contribution >= 0.6 is 0 Å². The van der Waals surface area contributed by atoms with Gasteiger partial charge < -0.3 is 14.9 Å². The van der Waals surface area contributed by atoms with Crippen LogP contribution in [0.2, 0.25) is 0 Å². The van der Waals surface area contributed by atoms with Gasteiger partial charge in [-0.15, -0.1) is 0 Å². The maximum Gasteiger partial charge on any atom is 0.334 e. The molecule has 30 heavy (non-hydrogen) atoms. The summed E-state index contributed by atoms with van der Waals surface area (Å²) in [7, 11) is 0. The lowest BCUT2D eigenvalue weighted by molar-refractivity contribution is -0.201. The minimum atomic E-state index is -1.92. The molecular formula is C25H34O5. The van der Waals surface area contributed by atoms with Gasteiger partial charge in [-0.1, -0.05) is 39.0 Å². The van der Waals surface area contributed by atoms with Crippen LogP contribution in [0, 0.1) is 34.5 Å². The van der Waals surface area contributed by atoms with E-state index >= 15 is 0 Å². The number of carbonyl (C=O) groups is 2. The van der Waals surface area contributed by atoms with E-state index < -0.39 is 29.2 Å². The Morgan fingerprint density at radius 3 is 2.50 bits per heavy atom. The fraction of sp³-hybridized carbons (Fsp3) is 0.680. The molecule has 0 saturated heterocycles. The second kappa shape index (κ2) is 6.39. The molecule has 0 aromatic carbocycles. The molecule has 4 aliphatic rings. The van der Waals surface area contributed by atoms with Crippen molar-refractivity contribution in [2.75, 3.05) is 0 Å². The molecule has 8 atom stereocenters. The van der Waals surface area contributed by atoms with Crippen molar-refractivity contribution in [1.29, 1.82) is 0 Å². The van der Waals surface area contributed by atoms with E-state index in [-0.39, 0.29) is 29.0 Å². The molecule has 0 radical (unpaired) electrons. The minimum Gasteiger partial charge on any atom is -0.451 e. The van der Waals surface area contributed by atoms with Gasteiger partial charge >= 0.3 is 5.97 Å². The van der Waals surface area contributed by atoms with E-state index in [2.05, 4.69) is 13.8 Å². The number of esters is 1. The van der Waals surface area contributed by atoms with E-state index in [9.17, 15) is 19.8 Å². The fourth-order valence-corrected chi connectivity index (χ4v) is 6.89. The van der Waals surface area contributed by atoms with Crippen LogP contribution in [0.4, 0.5) is 0 Å². The second-order valence-corrected chi connectivity index (χ2v) is 10.6. The van der Waals surface area contributed by atoms with Crippen LogP contribution in [0.15, 0.2) is 34.9 Å². The number of allylic oxidation sites excluding steroid dienone is 2. The molecule has 4 rings (SSSR count). The average molecular weight is 415 g/mol. The summed E-state index contributed by atoms with van der Waals surface area (Å²) >= 11 is 0. The molecule has 2 fully saturated rings. The van der Waals surface area contributed by atoms with Gasteiger partial charge in [0.2, 0.25) is 0 Å². The van der Waals surface area contributed by atoms with Crippen LogP contribution < -0.4 is 0 Å². The predicted molar refractivity (Wildman–Crippen MR) is 113 cm³/mol. The van der Waals surface area contributed by atoms with E-state index in [1.54, 1.807) is 39.8 Å². The van der Waals surface area contributed by atoms with Crippen molar-refractivity contribution in [1.82, 2.24) is 0 Å². The molecule has 2 N–H and O–H groups in total. The number of fused-ring (bicyclic) bond motifs is 3. The number of carbonyl (C=O) groups excluding carboxylic acids is 2. The normalized spacial score (nSPS) is 46.7. The zero-order valence-electron chi connectivity index (χ0n) is 19.0. The van der Waals surface area contributed by atoms with Gasteiger partial charge in [-0.25, -0.2) is 4.79 Å². The standard InChI is InChI=1S/C25H34O5/c1-8-12(2)22(28)30-21-13(3)9-16-18-17(23(18,6)7)10-15(5)24(20(16)27)11-14(4)19(26)25(21,24)29/h8-9,11,15-19,21,26,29H,10H2,1-7H3. The SMILES string of the molecule is CC=C(C)C(=O)OC1C(C)=CC2C(=O)C3(C=C(C)C(O)C13O)C(C)CC1C2C1(C)C. The number of hydrogen-bond donors (Lipinski definition) is 2. The van der Waals surface area contributed by atoms with Gasteiger partial charge in [-0.3, -0.25) is 4.79 Å². The third kappa shape index (κ3) is 2.36. The smallest absolute Gasteiger partial charge is 0.334 e. The zero-order chi connectivity index (χ0) is 22.4. The summed E-state index contributed by atoms with van der Waals surface area (Å²) in [6.07, 6.45) is 3.76. The maximum atomic E-state index is 14.1. The molecule has 0 aliphatic heterocycles. The lowest BCUT2D eigenvalue weighted by atomic mass is 9.59. The quantitative estimate of drug-likeness (QED) is 0.411. The monoisotopic (exact) mass is 414 g/mol. The molecule has 0 heterocycles. The number of hydrogen-bond acceptors (Lipinski definition) is 5. The zero-order valence-corrected chi connectivity index (χ0v) is 19.0. The molecule has 2 bridgehead atoms. The molecule has 0 amide bonds. The Morgan fingerprint density at radius 2 is 1.90 bits per heavy atom. The van der Waals surface area contributed by atoms with E-state index in [4.69, 9.17) is 4.74 Å². The van der Waals surface area contributed by atoms with E-state index in [0.717, 1.165) is 6.42 Å². The lowest BCUT2D eigenvalue weighted by Crippen LogP contribution is -2.65. The summed E-state index contributed by atoms with van der Waals surface area (Å²) in [5, 5.41) is 23.4. The molecule has 2 saturated carbocycles. The van der Waals surface area contributed by atoms with Crippen molar-refractivity contribution in [2.24, 2.45) is 34.5 Å². The van der Waals surface area contributed by atoms with Crippen LogP contribution in [0.3, 0.4) is 0 Å². The number of aliphatic hydroxyl groups is 2. The van der Waals surface area contributed by atoms with Gasteiger partial charge in [0, 0.05) is 11.5 Å². The Labute approximate surface area is 178 Å². The molecular weight excluding hydrogens is 380 g/mol. The minimum absolute atomic E-state index is 0.0490. The third-order valence-electron chi connectivity index (χ3n) is 8.82. The molecule has 0 aromatic heterocycles. The molecule has 1 spiro atoms. The van der Waals surface area contributed by atoms with Crippen LogP contribution in [0.1, 0.15) is 54.9 Å². The van der Waals surface area contributed by atoms with Crippen molar-refractivity contribution in [3.8, 4) is 0 Å². The van der Waals surface area contributed by atoms with Crippen LogP contribution in [-0.4, -0.2) is 39.8 Å². The molecule has 0 aromatic rings.